The largest absolute Gasteiger partial charge is 0.306 e. The summed E-state index contributed by atoms with van der Waals surface area (Å²) in [5, 5.41) is 0. The van der Waals surface area contributed by atoms with E-state index in [2.05, 4.69) is 0 Å². The van der Waals surface area contributed by atoms with Gasteiger partial charge in [-0.05, 0) is 26.4 Å². The monoisotopic (exact) mass is 191 g/mol. The summed E-state index contributed by atoms with van der Waals surface area (Å²) in [6, 6.07) is -0.126. The molecule has 0 aliphatic carbocycles. The number of hydrogen-bond donors (Lipinski definition) is 0. The summed E-state index contributed by atoms with van der Waals surface area (Å²) in [7, 11) is 1.83. The molecule has 0 spiro atoms. The minimum atomic E-state index is -3.14. The molecule has 0 aromatic rings. The molecular formula is C9H15F2NO. The summed E-state index contributed by atoms with van der Waals surface area (Å²) >= 11 is 0. The Hall–Kier alpha value is -0.510. The number of carbonyl (C=O) groups excluding carboxylic acids is 1. The number of rotatable bonds is 3. The Morgan fingerprint density at radius 3 is 2.62 bits per heavy atom. The van der Waals surface area contributed by atoms with Crippen molar-refractivity contribution in [1.29, 1.82) is 0 Å². The van der Waals surface area contributed by atoms with Crippen molar-refractivity contribution >= 4 is 5.78 Å². The fraction of sp³-hybridized carbons (Fsp3) is 0.889. The summed E-state index contributed by atoms with van der Waals surface area (Å²) in [6.07, 6.45) is 1.41. The van der Waals surface area contributed by atoms with Gasteiger partial charge in [0, 0.05) is 19.4 Å². The number of ketones is 1. The number of Topliss-reactive ketones (excluding diaryl/α,β-unsaturated/α-hetero) is 1. The highest BCUT2D eigenvalue weighted by atomic mass is 19.3. The molecule has 0 aromatic heterocycles. The normalized spacial score (nSPS) is 25.1. The van der Waals surface area contributed by atoms with Crippen LogP contribution in [-0.4, -0.2) is 36.2 Å². The molecule has 1 heterocycles. The first-order chi connectivity index (χ1) is 5.93. The molecule has 0 radical (unpaired) electrons. The SMILES string of the molecule is CC(=O)C(F)(F)CC1CCCN1C. The second kappa shape index (κ2) is 3.70. The van der Waals surface area contributed by atoms with Crippen LogP contribution in [0.4, 0.5) is 8.78 Å². The molecule has 1 fully saturated rings. The van der Waals surface area contributed by atoms with E-state index in [0.717, 1.165) is 26.3 Å². The summed E-state index contributed by atoms with van der Waals surface area (Å²) in [4.78, 5) is 12.5. The number of carbonyl (C=O) groups is 1. The molecule has 0 saturated carbocycles. The van der Waals surface area contributed by atoms with E-state index in [0.29, 0.717) is 0 Å². The van der Waals surface area contributed by atoms with Gasteiger partial charge in [-0.25, -0.2) is 0 Å². The van der Waals surface area contributed by atoms with E-state index < -0.39 is 11.7 Å². The van der Waals surface area contributed by atoms with Crippen LogP contribution in [0.25, 0.3) is 0 Å². The molecule has 76 valence electrons. The molecule has 2 nitrogen and oxygen atoms in total. The standard InChI is InChI=1S/C9H15F2NO/c1-7(13)9(10,11)6-8-4-3-5-12(8)2/h8H,3-6H2,1-2H3. The fourth-order valence-electron chi connectivity index (χ4n) is 1.68. The first-order valence-corrected chi connectivity index (χ1v) is 4.52. The zero-order chi connectivity index (χ0) is 10.1. The third kappa shape index (κ3) is 2.46. The predicted octanol–water partition coefficient (Wildman–Crippen LogP) is 1.70. The molecule has 1 unspecified atom stereocenters. The molecule has 1 rings (SSSR count). The summed E-state index contributed by atoms with van der Waals surface area (Å²) < 4.78 is 26.0. The molecule has 1 atom stereocenters. The highest BCUT2D eigenvalue weighted by molar-refractivity contribution is 5.83. The van der Waals surface area contributed by atoms with Gasteiger partial charge in [0.05, 0.1) is 0 Å². The number of alkyl halides is 2. The van der Waals surface area contributed by atoms with Crippen LogP contribution < -0.4 is 0 Å². The fourth-order valence-corrected chi connectivity index (χ4v) is 1.68. The van der Waals surface area contributed by atoms with Crippen LogP contribution in [0.15, 0.2) is 0 Å². The number of halogens is 2. The van der Waals surface area contributed by atoms with Gasteiger partial charge >= 0.3 is 5.92 Å². The molecule has 13 heavy (non-hydrogen) atoms. The molecule has 0 aromatic carbocycles. The van der Waals surface area contributed by atoms with Crippen LogP contribution in [0.5, 0.6) is 0 Å². The van der Waals surface area contributed by atoms with Crippen molar-refractivity contribution in [3.05, 3.63) is 0 Å². The molecule has 0 N–H and O–H groups in total. The maximum Gasteiger partial charge on any atom is 0.306 e. The lowest BCUT2D eigenvalue weighted by Crippen LogP contribution is -2.36. The topological polar surface area (TPSA) is 20.3 Å². The van der Waals surface area contributed by atoms with E-state index >= 15 is 0 Å². The second-order valence-electron chi connectivity index (χ2n) is 3.74. The lowest BCUT2D eigenvalue weighted by atomic mass is 10.0. The van der Waals surface area contributed by atoms with E-state index in [9.17, 15) is 13.6 Å². The van der Waals surface area contributed by atoms with E-state index in [4.69, 9.17) is 0 Å². The van der Waals surface area contributed by atoms with Crippen LogP contribution in [-0.2, 0) is 4.79 Å². The zero-order valence-corrected chi connectivity index (χ0v) is 8.02. The van der Waals surface area contributed by atoms with Crippen molar-refractivity contribution in [1.82, 2.24) is 4.90 Å². The molecule has 0 bridgehead atoms. The van der Waals surface area contributed by atoms with E-state index in [-0.39, 0.29) is 12.5 Å². The minimum Gasteiger partial charge on any atom is -0.303 e. The van der Waals surface area contributed by atoms with Gasteiger partial charge in [0.25, 0.3) is 0 Å². The Balaban J connectivity index is 2.52. The quantitative estimate of drug-likeness (QED) is 0.676. The Labute approximate surface area is 76.9 Å². The first kappa shape index (κ1) is 10.6. The van der Waals surface area contributed by atoms with Gasteiger partial charge in [-0.15, -0.1) is 0 Å². The van der Waals surface area contributed by atoms with Crippen LogP contribution in [0.1, 0.15) is 26.2 Å². The molecule has 0 amide bonds. The first-order valence-electron chi connectivity index (χ1n) is 4.52. The van der Waals surface area contributed by atoms with E-state index in [1.54, 1.807) is 0 Å². The van der Waals surface area contributed by atoms with E-state index in [1.807, 2.05) is 11.9 Å². The van der Waals surface area contributed by atoms with Crippen molar-refractivity contribution in [3.63, 3.8) is 0 Å². The average Bonchev–Trinajstić information content (AvgIpc) is 2.35. The maximum atomic E-state index is 13.0. The van der Waals surface area contributed by atoms with Gasteiger partial charge < -0.3 is 4.90 Å². The number of likely N-dealkylation sites (tertiary alicyclic amines) is 1. The van der Waals surface area contributed by atoms with Crippen molar-refractivity contribution in [2.24, 2.45) is 0 Å². The van der Waals surface area contributed by atoms with Crippen LogP contribution >= 0.6 is 0 Å². The Morgan fingerprint density at radius 2 is 2.23 bits per heavy atom. The molecule has 4 heteroatoms. The van der Waals surface area contributed by atoms with Gasteiger partial charge in [-0.3, -0.25) is 4.79 Å². The van der Waals surface area contributed by atoms with Crippen LogP contribution in [0, 0.1) is 0 Å². The van der Waals surface area contributed by atoms with Crippen molar-refractivity contribution in [2.45, 2.75) is 38.2 Å². The third-order valence-electron chi connectivity index (χ3n) is 2.68. The molecule has 1 aliphatic heterocycles. The summed E-state index contributed by atoms with van der Waals surface area (Å²) in [5.74, 6) is -4.16. The predicted molar refractivity (Wildman–Crippen MR) is 45.9 cm³/mol. The molecular weight excluding hydrogens is 176 g/mol. The average molecular weight is 191 g/mol. The van der Waals surface area contributed by atoms with Gasteiger partial charge in [0.15, 0.2) is 5.78 Å². The highest BCUT2D eigenvalue weighted by Crippen LogP contribution is 2.28. The Bertz CT molecular complexity index is 206. The van der Waals surface area contributed by atoms with Gasteiger partial charge in [0.2, 0.25) is 0 Å². The van der Waals surface area contributed by atoms with Crippen LogP contribution in [0.2, 0.25) is 0 Å². The van der Waals surface area contributed by atoms with Crippen LogP contribution in [0.3, 0.4) is 0 Å². The lowest BCUT2D eigenvalue weighted by Gasteiger charge is -2.23. The minimum absolute atomic E-state index is 0.126. The van der Waals surface area contributed by atoms with Crippen molar-refractivity contribution < 1.29 is 13.6 Å². The highest BCUT2D eigenvalue weighted by Gasteiger charge is 2.39. The Morgan fingerprint density at radius 1 is 1.62 bits per heavy atom. The maximum absolute atomic E-state index is 13.0. The number of hydrogen-bond acceptors (Lipinski definition) is 2. The molecule has 1 aliphatic rings. The van der Waals surface area contributed by atoms with Crippen molar-refractivity contribution in [2.75, 3.05) is 13.6 Å². The van der Waals surface area contributed by atoms with Gasteiger partial charge in [-0.2, -0.15) is 8.78 Å². The smallest absolute Gasteiger partial charge is 0.303 e. The van der Waals surface area contributed by atoms with Crippen molar-refractivity contribution in [3.8, 4) is 0 Å². The second-order valence-corrected chi connectivity index (χ2v) is 3.74. The number of nitrogens with zero attached hydrogens (tertiary/aromatic N) is 1. The zero-order valence-electron chi connectivity index (χ0n) is 8.02. The summed E-state index contributed by atoms with van der Waals surface area (Å²) in [6.45, 7) is 1.81. The van der Waals surface area contributed by atoms with Gasteiger partial charge in [0.1, 0.15) is 0 Å². The third-order valence-corrected chi connectivity index (χ3v) is 2.68. The summed E-state index contributed by atoms with van der Waals surface area (Å²) in [5.41, 5.74) is 0. The lowest BCUT2D eigenvalue weighted by molar-refractivity contribution is -0.143. The van der Waals surface area contributed by atoms with Gasteiger partial charge in [-0.1, -0.05) is 0 Å². The van der Waals surface area contributed by atoms with E-state index in [1.165, 1.54) is 0 Å². The molecule has 1 saturated heterocycles. The Kier molecular flexibility index (Phi) is 3.01.